The molecule has 0 saturated carbocycles. The van der Waals surface area contributed by atoms with E-state index >= 15 is 0 Å². The molecule has 1 amide bonds. The van der Waals surface area contributed by atoms with Crippen LogP contribution >= 0.6 is 11.3 Å². The molecular formula is C15H18N2O3S. The predicted octanol–water partition coefficient (Wildman–Crippen LogP) is 2.16. The Morgan fingerprint density at radius 2 is 2.05 bits per heavy atom. The Labute approximate surface area is 127 Å². The van der Waals surface area contributed by atoms with Crippen molar-refractivity contribution < 1.29 is 14.3 Å². The monoisotopic (exact) mass is 306 g/mol. The normalized spacial score (nSPS) is 10.4. The van der Waals surface area contributed by atoms with E-state index < -0.39 is 0 Å². The summed E-state index contributed by atoms with van der Waals surface area (Å²) >= 11 is 1.50. The predicted molar refractivity (Wildman–Crippen MR) is 81.4 cm³/mol. The van der Waals surface area contributed by atoms with Gasteiger partial charge in [-0.15, -0.1) is 11.3 Å². The lowest BCUT2D eigenvalue weighted by Crippen LogP contribution is -2.24. The number of benzene rings is 1. The van der Waals surface area contributed by atoms with Crippen molar-refractivity contribution in [2.24, 2.45) is 0 Å². The number of carbonyl (C=O) groups is 1. The fourth-order valence-electron chi connectivity index (χ4n) is 1.79. The van der Waals surface area contributed by atoms with Gasteiger partial charge in [0, 0.05) is 19.0 Å². The molecule has 1 N–H and O–H groups in total. The van der Waals surface area contributed by atoms with Crippen LogP contribution in [0.25, 0.3) is 0 Å². The van der Waals surface area contributed by atoms with Gasteiger partial charge in [-0.1, -0.05) is 12.1 Å². The third kappa shape index (κ3) is 4.84. The van der Waals surface area contributed by atoms with Crippen molar-refractivity contribution in [2.45, 2.75) is 19.6 Å². The first-order chi connectivity index (χ1) is 10.2. The average molecular weight is 306 g/mol. The Morgan fingerprint density at radius 1 is 1.29 bits per heavy atom. The van der Waals surface area contributed by atoms with Crippen LogP contribution in [0.4, 0.5) is 0 Å². The number of carbonyl (C=O) groups excluding carboxylic acids is 1. The molecule has 0 saturated heterocycles. The molecule has 0 radical (unpaired) electrons. The van der Waals surface area contributed by atoms with Crippen LogP contribution in [-0.2, 0) is 29.1 Å². The van der Waals surface area contributed by atoms with E-state index in [1.165, 1.54) is 11.3 Å². The summed E-state index contributed by atoms with van der Waals surface area (Å²) in [5.41, 5.74) is 1.81. The summed E-state index contributed by atoms with van der Waals surface area (Å²) in [6.45, 7) is 0.982. The van der Waals surface area contributed by atoms with Gasteiger partial charge in [-0.3, -0.25) is 4.79 Å². The lowest BCUT2D eigenvalue weighted by atomic mass is 10.2. The highest BCUT2D eigenvalue weighted by molar-refractivity contribution is 7.09. The van der Waals surface area contributed by atoms with Gasteiger partial charge in [-0.05, 0) is 17.7 Å². The molecule has 6 heteroatoms. The zero-order valence-electron chi connectivity index (χ0n) is 12.1. The smallest absolute Gasteiger partial charge is 0.226 e. The van der Waals surface area contributed by atoms with Crippen LogP contribution in [0.1, 0.15) is 16.3 Å². The van der Waals surface area contributed by atoms with Crippen molar-refractivity contribution in [1.82, 2.24) is 10.3 Å². The average Bonchev–Trinajstić information content (AvgIpc) is 2.93. The summed E-state index contributed by atoms with van der Waals surface area (Å²) in [6, 6.07) is 7.61. The number of rotatable bonds is 7. The molecule has 0 spiro atoms. The molecule has 112 valence electrons. The molecule has 0 atom stereocenters. The van der Waals surface area contributed by atoms with Crippen LogP contribution in [0.5, 0.6) is 5.75 Å². The summed E-state index contributed by atoms with van der Waals surface area (Å²) in [4.78, 5) is 16.2. The first-order valence-electron chi connectivity index (χ1n) is 6.53. The Bertz CT molecular complexity index is 581. The van der Waals surface area contributed by atoms with E-state index in [0.717, 1.165) is 22.0 Å². The first-order valence-corrected chi connectivity index (χ1v) is 7.41. The van der Waals surface area contributed by atoms with E-state index in [9.17, 15) is 4.79 Å². The minimum absolute atomic E-state index is 0.0416. The van der Waals surface area contributed by atoms with Gasteiger partial charge < -0.3 is 14.8 Å². The summed E-state index contributed by atoms with van der Waals surface area (Å²) in [7, 11) is 3.26. The SMILES string of the molecule is COCc1nc(CC(=O)NCc2ccc(OC)cc2)cs1. The van der Waals surface area contributed by atoms with Crippen molar-refractivity contribution >= 4 is 17.2 Å². The van der Waals surface area contributed by atoms with Crippen LogP contribution in [0.3, 0.4) is 0 Å². The number of nitrogens with one attached hydrogen (secondary N) is 1. The first kappa shape index (κ1) is 15.5. The largest absolute Gasteiger partial charge is 0.497 e. The van der Waals surface area contributed by atoms with E-state index in [-0.39, 0.29) is 12.3 Å². The minimum Gasteiger partial charge on any atom is -0.497 e. The fraction of sp³-hybridized carbons (Fsp3) is 0.333. The second kappa shape index (κ2) is 7.75. The number of ether oxygens (including phenoxy) is 2. The zero-order valence-corrected chi connectivity index (χ0v) is 12.9. The van der Waals surface area contributed by atoms with Crippen molar-refractivity contribution in [3.63, 3.8) is 0 Å². The molecular weight excluding hydrogens is 288 g/mol. The molecule has 0 fully saturated rings. The van der Waals surface area contributed by atoms with E-state index in [1.54, 1.807) is 14.2 Å². The Balaban J connectivity index is 1.80. The molecule has 1 aromatic heterocycles. The van der Waals surface area contributed by atoms with Gasteiger partial charge in [-0.25, -0.2) is 4.98 Å². The lowest BCUT2D eigenvalue weighted by molar-refractivity contribution is -0.120. The van der Waals surface area contributed by atoms with Crippen LogP contribution in [0.2, 0.25) is 0 Å². The molecule has 1 heterocycles. The van der Waals surface area contributed by atoms with Crippen molar-refractivity contribution in [2.75, 3.05) is 14.2 Å². The number of nitrogens with zero attached hydrogens (tertiary/aromatic N) is 1. The highest BCUT2D eigenvalue weighted by Gasteiger charge is 2.07. The van der Waals surface area contributed by atoms with E-state index in [0.29, 0.717) is 13.2 Å². The molecule has 0 unspecified atom stereocenters. The quantitative estimate of drug-likeness (QED) is 0.851. The molecule has 21 heavy (non-hydrogen) atoms. The van der Waals surface area contributed by atoms with Gasteiger partial charge in [0.05, 0.1) is 25.8 Å². The Hall–Kier alpha value is -1.92. The van der Waals surface area contributed by atoms with E-state index in [2.05, 4.69) is 10.3 Å². The van der Waals surface area contributed by atoms with Gasteiger partial charge in [0.15, 0.2) is 0 Å². The number of amides is 1. The number of hydrogen-bond donors (Lipinski definition) is 1. The highest BCUT2D eigenvalue weighted by Crippen LogP contribution is 2.12. The van der Waals surface area contributed by atoms with Gasteiger partial charge in [-0.2, -0.15) is 0 Å². The van der Waals surface area contributed by atoms with Gasteiger partial charge in [0.1, 0.15) is 10.8 Å². The van der Waals surface area contributed by atoms with Gasteiger partial charge >= 0.3 is 0 Å². The summed E-state index contributed by atoms with van der Waals surface area (Å²) < 4.78 is 10.1. The highest BCUT2D eigenvalue weighted by atomic mass is 32.1. The van der Waals surface area contributed by atoms with E-state index in [4.69, 9.17) is 9.47 Å². The maximum absolute atomic E-state index is 11.9. The van der Waals surface area contributed by atoms with Gasteiger partial charge in [0.2, 0.25) is 5.91 Å². The molecule has 0 aliphatic rings. The molecule has 2 rings (SSSR count). The third-order valence-electron chi connectivity index (χ3n) is 2.86. The number of aromatic nitrogens is 1. The molecule has 2 aromatic rings. The third-order valence-corrected chi connectivity index (χ3v) is 3.73. The number of thiazole rings is 1. The second-order valence-corrected chi connectivity index (χ2v) is 5.41. The number of hydrogen-bond acceptors (Lipinski definition) is 5. The second-order valence-electron chi connectivity index (χ2n) is 4.47. The lowest BCUT2D eigenvalue weighted by Gasteiger charge is -2.05. The summed E-state index contributed by atoms with van der Waals surface area (Å²) in [5.74, 6) is 0.762. The molecule has 0 aliphatic heterocycles. The molecule has 0 aliphatic carbocycles. The van der Waals surface area contributed by atoms with Crippen LogP contribution in [-0.4, -0.2) is 25.1 Å². The maximum atomic E-state index is 11.9. The Morgan fingerprint density at radius 3 is 2.71 bits per heavy atom. The summed E-state index contributed by atoms with van der Waals surface area (Å²) in [6.07, 6.45) is 0.288. The fourth-order valence-corrected chi connectivity index (χ4v) is 2.55. The van der Waals surface area contributed by atoms with Crippen LogP contribution in [0.15, 0.2) is 29.6 Å². The topological polar surface area (TPSA) is 60.5 Å². The Kier molecular flexibility index (Phi) is 5.71. The van der Waals surface area contributed by atoms with Crippen molar-refractivity contribution in [3.8, 4) is 5.75 Å². The molecule has 5 nitrogen and oxygen atoms in total. The van der Waals surface area contributed by atoms with Crippen molar-refractivity contribution in [1.29, 1.82) is 0 Å². The summed E-state index contributed by atoms with van der Waals surface area (Å²) in [5, 5.41) is 5.65. The van der Waals surface area contributed by atoms with Gasteiger partial charge in [0.25, 0.3) is 0 Å². The number of methoxy groups -OCH3 is 2. The molecule has 1 aromatic carbocycles. The minimum atomic E-state index is -0.0416. The van der Waals surface area contributed by atoms with Crippen LogP contribution in [0, 0.1) is 0 Å². The standard InChI is InChI=1S/C15H18N2O3S/c1-19-9-15-17-12(10-21-15)7-14(18)16-8-11-3-5-13(20-2)6-4-11/h3-6,10H,7-9H2,1-2H3,(H,16,18). The molecule has 0 bridgehead atoms. The van der Waals surface area contributed by atoms with Crippen LogP contribution < -0.4 is 10.1 Å². The zero-order chi connectivity index (χ0) is 15.1. The van der Waals surface area contributed by atoms with E-state index in [1.807, 2.05) is 29.6 Å². The maximum Gasteiger partial charge on any atom is 0.226 e. The van der Waals surface area contributed by atoms with Crippen molar-refractivity contribution in [3.05, 3.63) is 45.9 Å².